The Morgan fingerprint density at radius 3 is 2.12 bits per heavy atom. The van der Waals surface area contributed by atoms with Gasteiger partial charge in [-0.3, -0.25) is 0 Å². The molecule has 2 rings (SSSR count). The molecule has 0 N–H and O–H groups in total. The van der Waals surface area contributed by atoms with Crippen LogP contribution in [0.4, 0.5) is 8.78 Å². The molecule has 0 saturated heterocycles. The van der Waals surface area contributed by atoms with Crippen molar-refractivity contribution in [2.75, 3.05) is 13.2 Å². The van der Waals surface area contributed by atoms with Crippen LogP contribution in [-0.2, 0) is 9.53 Å². The lowest BCUT2D eigenvalue weighted by molar-refractivity contribution is -0.337. The van der Waals surface area contributed by atoms with Crippen molar-refractivity contribution >= 4 is 63.2 Å². The fourth-order valence-electron chi connectivity index (χ4n) is 2.75. The highest BCUT2D eigenvalue weighted by molar-refractivity contribution is 14.1. The van der Waals surface area contributed by atoms with E-state index in [1.54, 1.807) is 6.08 Å². The number of carboxylic acid groups (broad SMARTS) is 1. The van der Waals surface area contributed by atoms with Crippen molar-refractivity contribution in [2.24, 2.45) is 5.92 Å². The molecule has 0 fully saturated rings. The molecular weight excluding hydrogens is 664 g/mol. The molecule has 33 heavy (non-hydrogen) atoms. The summed E-state index contributed by atoms with van der Waals surface area (Å²) in [6, 6.07) is 10.2. The van der Waals surface area contributed by atoms with Gasteiger partial charge in [0.15, 0.2) is 6.10 Å². The van der Waals surface area contributed by atoms with Crippen molar-refractivity contribution in [1.82, 2.24) is 0 Å². The van der Waals surface area contributed by atoms with E-state index in [-0.39, 0.29) is 18.8 Å². The van der Waals surface area contributed by atoms with E-state index in [0.29, 0.717) is 18.6 Å². The molecule has 0 aliphatic carbocycles. The third kappa shape index (κ3) is 7.26. The first-order valence-corrected chi connectivity index (χ1v) is 11.9. The van der Waals surface area contributed by atoms with Crippen molar-refractivity contribution in [3.8, 4) is 11.5 Å². The number of ether oxygens (including phenoxy) is 3. The molecule has 0 spiro atoms. The molecule has 0 aromatic heterocycles. The zero-order valence-corrected chi connectivity index (χ0v) is 22.1. The molecule has 0 aliphatic rings. The van der Waals surface area contributed by atoms with Crippen LogP contribution in [0.1, 0.15) is 29.8 Å². The average molecular weight is 685 g/mol. The maximum absolute atomic E-state index is 13.9. The molecule has 0 amide bonds. The van der Waals surface area contributed by atoms with Crippen LogP contribution in [0, 0.1) is 13.1 Å². The molecular formula is C23H21F2I2O6-. The van der Waals surface area contributed by atoms with Crippen molar-refractivity contribution in [3.63, 3.8) is 0 Å². The number of benzene rings is 2. The molecule has 0 aliphatic heterocycles. The summed E-state index contributed by atoms with van der Waals surface area (Å²) in [7, 11) is 0. The van der Waals surface area contributed by atoms with Gasteiger partial charge in [-0.2, -0.15) is 8.78 Å². The Balaban J connectivity index is 2.03. The highest BCUT2D eigenvalue weighted by Gasteiger charge is 2.46. The predicted molar refractivity (Wildman–Crippen MR) is 133 cm³/mol. The van der Waals surface area contributed by atoms with Crippen LogP contribution < -0.4 is 14.6 Å². The summed E-state index contributed by atoms with van der Waals surface area (Å²) < 4.78 is 45.2. The van der Waals surface area contributed by atoms with Crippen LogP contribution >= 0.6 is 45.2 Å². The minimum Gasteiger partial charge on any atom is -0.544 e. The smallest absolute Gasteiger partial charge is 0.338 e. The number of carboxylic acids is 1. The number of aliphatic carboxylic acids is 1. The van der Waals surface area contributed by atoms with E-state index in [9.17, 15) is 23.5 Å². The number of halogens is 4. The zero-order valence-electron chi connectivity index (χ0n) is 17.8. The van der Waals surface area contributed by atoms with Crippen LogP contribution in [0.3, 0.4) is 0 Å². The molecule has 6 nitrogen and oxygen atoms in total. The van der Waals surface area contributed by atoms with Gasteiger partial charge in [-0.25, -0.2) is 4.79 Å². The maximum Gasteiger partial charge on any atom is 0.338 e. The van der Waals surface area contributed by atoms with Gasteiger partial charge >= 0.3 is 11.9 Å². The number of hydrogen-bond acceptors (Lipinski definition) is 6. The number of carbonyl (C=O) groups excluding carboxylic acids is 2. The number of hydrogen-bond donors (Lipinski definition) is 0. The molecule has 0 bridgehead atoms. The second kappa shape index (κ2) is 12.0. The minimum atomic E-state index is -4.32. The highest BCUT2D eigenvalue weighted by atomic mass is 127. The summed E-state index contributed by atoms with van der Waals surface area (Å²) in [5, 5.41) is 10.8. The van der Waals surface area contributed by atoms with Crippen molar-refractivity contribution < 1.29 is 37.7 Å². The maximum atomic E-state index is 13.9. The van der Waals surface area contributed by atoms with E-state index in [4.69, 9.17) is 14.2 Å². The third-order valence-electron chi connectivity index (χ3n) is 4.42. The molecule has 0 saturated carbocycles. The molecule has 2 aromatic carbocycles. The normalized spacial score (nSPS) is 12.2. The van der Waals surface area contributed by atoms with Gasteiger partial charge in [0.05, 0.1) is 12.7 Å². The zero-order chi connectivity index (χ0) is 24.8. The molecule has 0 radical (unpaired) electrons. The Labute approximate surface area is 217 Å². The summed E-state index contributed by atoms with van der Waals surface area (Å²) in [4.78, 5) is 23.3. The third-order valence-corrected chi connectivity index (χ3v) is 6.02. The summed E-state index contributed by atoms with van der Waals surface area (Å²) in [6.07, 6.45) is -0.437. The first-order valence-electron chi connectivity index (χ1n) is 9.74. The van der Waals surface area contributed by atoms with Crippen molar-refractivity contribution in [2.45, 2.75) is 25.9 Å². The van der Waals surface area contributed by atoms with Crippen molar-refractivity contribution in [1.29, 1.82) is 0 Å². The van der Waals surface area contributed by atoms with Gasteiger partial charge in [-0.1, -0.05) is 38.6 Å². The summed E-state index contributed by atoms with van der Waals surface area (Å²) in [5.74, 6) is -7.75. The quantitative estimate of drug-likeness (QED) is 0.196. The Kier molecular flexibility index (Phi) is 9.88. The second-order valence-corrected chi connectivity index (χ2v) is 9.54. The van der Waals surface area contributed by atoms with E-state index in [2.05, 4.69) is 6.58 Å². The fraction of sp³-hybridized carbons (Fsp3) is 0.304. The topological polar surface area (TPSA) is 84.9 Å². The summed E-state index contributed by atoms with van der Waals surface area (Å²) in [5.41, 5.74) is 0.971. The minimum absolute atomic E-state index is 0.00509. The van der Waals surface area contributed by atoms with Gasteiger partial charge < -0.3 is 24.1 Å². The Bertz CT molecular complexity index is 986. The molecule has 1 unspecified atom stereocenters. The van der Waals surface area contributed by atoms with E-state index < -0.39 is 29.9 Å². The SMILES string of the molecule is C=Cc1ccc(OCCOc2c(I)cc(C(=O)OC(C(C)C)C(F)(F)C(=O)[O-])cc2I)cc1. The van der Waals surface area contributed by atoms with Crippen LogP contribution in [0.5, 0.6) is 11.5 Å². The van der Waals surface area contributed by atoms with Crippen LogP contribution in [0.15, 0.2) is 43.0 Å². The van der Waals surface area contributed by atoms with Gasteiger partial charge in [0.2, 0.25) is 0 Å². The van der Waals surface area contributed by atoms with Crippen molar-refractivity contribution in [3.05, 3.63) is 61.2 Å². The Hall–Kier alpha value is -1.96. The number of esters is 1. The number of carbonyl (C=O) groups is 2. The fourth-order valence-corrected chi connectivity index (χ4v) is 4.83. The standard InChI is InChI=1S/C23H22F2I2O6/c1-4-14-5-7-16(8-6-14)31-9-10-32-19-17(26)11-15(12-18(19)27)21(28)33-20(13(2)3)23(24,25)22(29)30/h4-8,11-13,20H,1,9-10H2,2-3H3,(H,29,30)/p-1. The molecule has 2 aromatic rings. The van der Waals surface area contributed by atoms with Gasteiger partial charge in [0, 0.05) is 0 Å². The number of alkyl halides is 2. The van der Waals surface area contributed by atoms with Gasteiger partial charge in [-0.05, 0) is 80.9 Å². The number of rotatable bonds is 11. The average Bonchev–Trinajstić information content (AvgIpc) is 2.75. The van der Waals surface area contributed by atoms with E-state index in [0.717, 1.165) is 5.56 Å². The van der Waals surface area contributed by atoms with Gasteiger partial charge in [0.1, 0.15) is 30.7 Å². The van der Waals surface area contributed by atoms with E-state index in [1.807, 2.05) is 69.4 Å². The second-order valence-electron chi connectivity index (χ2n) is 7.22. The van der Waals surface area contributed by atoms with Crippen LogP contribution in [-0.4, -0.2) is 37.2 Å². The summed E-state index contributed by atoms with van der Waals surface area (Å²) >= 11 is 3.90. The highest BCUT2D eigenvalue weighted by Crippen LogP contribution is 2.31. The van der Waals surface area contributed by atoms with E-state index >= 15 is 0 Å². The first-order chi connectivity index (χ1) is 15.5. The summed E-state index contributed by atoms with van der Waals surface area (Å²) in [6.45, 7) is 6.85. The molecule has 1 atom stereocenters. The first kappa shape index (κ1) is 27.3. The molecule has 178 valence electrons. The van der Waals surface area contributed by atoms with Gasteiger partial charge in [0.25, 0.3) is 0 Å². The lowest BCUT2D eigenvalue weighted by Crippen LogP contribution is -2.53. The monoisotopic (exact) mass is 685 g/mol. The largest absolute Gasteiger partial charge is 0.544 e. The molecule has 0 heterocycles. The lowest BCUT2D eigenvalue weighted by Gasteiger charge is -2.30. The van der Waals surface area contributed by atoms with Crippen LogP contribution in [0.25, 0.3) is 6.08 Å². The molecule has 10 heteroatoms. The Morgan fingerprint density at radius 2 is 1.64 bits per heavy atom. The van der Waals surface area contributed by atoms with Gasteiger partial charge in [-0.15, -0.1) is 0 Å². The van der Waals surface area contributed by atoms with E-state index in [1.165, 1.54) is 26.0 Å². The van der Waals surface area contributed by atoms with Crippen LogP contribution in [0.2, 0.25) is 0 Å². The predicted octanol–water partition coefficient (Wildman–Crippen LogP) is 4.56. The Morgan fingerprint density at radius 1 is 1.09 bits per heavy atom. The lowest BCUT2D eigenvalue weighted by atomic mass is 10.0.